The van der Waals surface area contributed by atoms with Crippen molar-refractivity contribution in [2.75, 3.05) is 30.3 Å². The molecule has 3 rings (SSSR count). The molecular weight excluding hydrogens is 342 g/mol. The van der Waals surface area contributed by atoms with Gasteiger partial charge in [-0.25, -0.2) is 9.78 Å². The Bertz CT molecular complexity index is 767. The quantitative estimate of drug-likeness (QED) is 0.833. The van der Waals surface area contributed by atoms with E-state index in [1.807, 2.05) is 13.0 Å². The number of nitrogens with zero attached hydrogens (tertiary/aromatic N) is 3. The molecule has 2 heterocycles. The standard InChI is InChI=1S/C20H27N5O2/c1-4-27-20(26)25-9-6-16(7-10-25)22-18-5-8-21-19(24-18)23-17-12-14(2)11-15(3)13-17/h5,8,11-13,16H,4,6-7,9-10H2,1-3H3,(H2,21,22,23,24). The number of aryl methyl sites for hydroxylation is 2. The number of ether oxygens (including phenoxy) is 1. The molecule has 0 aliphatic carbocycles. The maximum atomic E-state index is 11.8. The summed E-state index contributed by atoms with van der Waals surface area (Å²) in [6, 6.07) is 8.42. The molecule has 0 unspecified atom stereocenters. The van der Waals surface area contributed by atoms with Gasteiger partial charge in [0.2, 0.25) is 5.95 Å². The summed E-state index contributed by atoms with van der Waals surface area (Å²) < 4.78 is 5.06. The van der Waals surface area contributed by atoms with E-state index in [2.05, 4.69) is 52.6 Å². The van der Waals surface area contributed by atoms with Crippen LogP contribution >= 0.6 is 0 Å². The van der Waals surface area contributed by atoms with E-state index in [4.69, 9.17) is 4.74 Å². The van der Waals surface area contributed by atoms with Crippen molar-refractivity contribution in [1.82, 2.24) is 14.9 Å². The van der Waals surface area contributed by atoms with Crippen molar-refractivity contribution < 1.29 is 9.53 Å². The molecule has 1 fully saturated rings. The molecule has 0 spiro atoms. The zero-order chi connectivity index (χ0) is 19.2. The van der Waals surface area contributed by atoms with Gasteiger partial charge >= 0.3 is 6.09 Å². The monoisotopic (exact) mass is 369 g/mol. The molecule has 27 heavy (non-hydrogen) atoms. The number of carbonyl (C=O) groups excluding carboxylic acids is 1. The second-order valence-electron chi connectivity index (χ2n) is 6.87. The summed E-state index contributed by atoms with van der Waals surface area (Å²) in [5, 5.41) is 6.72. The number of piperidine rings is 1. The Morgan fingerprint density at radius 1 is 1.22 bits per heavy atom. The number of aromatic nitrogens is 2. The van der Waals surface area contributed by atoms with Crippen LogP contribution in [0.2, 0.25) is 0 Å². The molecule has 1 aromatic heterocycles. The van der Waals surface area contributed by atoms with Gasteiger partial charge in [-0.15, -0.1) is 0 Å². The molecule has 1 aliphatic rings. The summed E-state index contributed by atoms with van der Waals surface area (Å²) in [5.41, 5.74) is 3.37. The van der Waals surface area contributed by atoms with Gasteiger partial charge in [-0.05, 0) is 62.9 Å². The van der Waals surface area contributed by atoms with Crippen LogP contribution in [-0.2, 0) is 4.74 Å². The van der Waals surface area contributed by atoms with Gasteiger partial charge in [-0.1, -0.05) is 6.07 Å². The highest BCUT2D eigenvalue weighted by molar-refractivity contribution is 5.67. The fourth-order valence-electron chi connectivity index (χ4n) is 3.31. The van der Waals surface area contributed by atoms with Crippen molar-refractivity contribution >= 4 is 23.5 Å². The molecule has 7 nitrogen and oxygen atoms in total. The third-order valence-electron chi connectivity index (χ3n) is 4.51. The second kappa shape index (κ2) is 8.70. The van der Waals surface area contributed by atoms with Gasteiger partial charge in [0.15, 0.2) is 0 Å². The number of carbonyl (C=O) groups is 1. The predicted octanol–water partition coefficient (Wildman–Crippen LogP) is 3.87. The van der Waals surface area contributed by atoms with E-state index in [-0.39, 0.29) is 12.1 Å². The molecule has 144 valence electrons. The zero-order valence-electron chi connectivity index (χ0n) is 16.2. The lowest BCUT2D eigenvalue weighted by Gasteiger charge is -2.31. The molecule has 1 aliphatic heterocycles. The summed E-state index contributed by atoms with van der Waals surface area (Å²) in [5.74, 6) is 1.35. The highest BCUT2D eigenvalue weighted by Crippen LogP contribution is 2.20. The lowest BCUT2D eigenvalue weighted by atomic mass is 10.1. The van der Waals surface area contributed by atoms with Crippen molar-refractivity contribution in [3.05, 3.63) is 41.6 Å². The Morgan fingerprint density at radius 2 is 1.93 bits per heavy atom. The summed E-state index contributed by atoms with van der Waals surface area (Å²) >= 11 is 0. The maximum Gasteiger partial charge on any atom is 0.409 e. The van der Waals surface area contributed by atoms with E-state index in [1.165, 1.54) is 11.1 Å². The van der Waals surface area contributed by atoms with Crippen LogP contribution in [0.4, 0.5) is 22.2 Å². The molecular formula is C20H27N5O2. The van der Waals surface area contributed by atoms with E-state index in [1.54, 1.807) is 11.1 Å². The van der Waals surface area contributed by atoms with Crippen molar-refractivity contribution in [2.24, 2.45) is 0 Å². The Morgan fingerprint density at radius 3 is 2.59 bits per heavy atom. The predicted molar refractivity (Wildman–Crippen MR) is 106 cm³/mol. The summed E-state index contributed by atoms with van der Waals surface area (Å²) in [4.78, 5) is 22.4. The average Bonchev–Trinajstić information content (AvgIpc) is 2.62. The molecule has 1 amide bonds. The van der Waals surface area contributed by atoms with Gasteiger partial charge in [0.25, 0.3) is 0 Å². The normalized spacial score (nSPS) is 14.7. The molecule has 0 saturated carbocycles. The van der Waals surface area contributed by atoms with Crippen LogP contribution in [0, 0.1) is 13.8 Å². The van der Waals surface area contributed by atoms with Gasteiger partial charge in [0.05, 0.1) is 6.61 Å². The van der Waals surface area contributed by atoms with Crippen LogP contribution in [0.5, 0.6) is 0 Å². The molecule has 7 heteroatoms. The minimum absolute atomic E-state index is 0.224. The second-order valence-corrected chi connectivity index (χ2v) is 6.87. The van der Waals surface area contributed by atoms with Gasteiger partial charge in [0.1, 0.15) is 5.82 Å². The zero-order valence-corrected chi connectivity index (χ0v) is 16.2. The van der Waals surface area contributed by atoms with Gasteiger partial charge < -0.3 is 20.3 Å². The highest BCUT2D eigenvalue weighted by atomic mass is 16.6. The largest absolute Gasteiger partial charge is 0.450 e. The number of anilines is 3. The Labute approximate surface area is 160 Å². The van der Waals surface area contributed by atoms with E-state index in [0.717, 1.165) is 24.3 Å². The topological polar surface area (TPSA) is 79.4 Å². The number of hydrogen-bond donors (Lipinski definition) is 2. The first-order valence-electron chi connectivity index (χ1n) is 9.40. The number of hydrogen-bond acceptors (Lipinski definition) is 6. The van der Waals surface area contributed by atoms with Crippen molar-refractivity contribution in [3.8, 4) is 0 Å². The van der Waals surface area contributed by atoms with E-state index in [0.29, 0.717) is 25.6 Å². The summed E-state index contributed by atoms with van der Waals surface area (Å²) in [6.45, 7) is 7.75. The van der Waals surface area contributed by atoms with E-state index < -0.39 is 0 Å². The van der Waals surface area contributed by atoms with Gasteiger partial charge in [-0.2, -0.15) is 4.98 Å². The Hall–Kier alpha value is -2.83. The molecule has 2 N–H and O–H groups in total. The van der Waals surface area contributed by atoms with E-state index >= 15 is 0 Å². The fourth-order valence-corrected chi connectivity index (χ4v) is 3.31. The molecule has 0 atom stereocenters. The van der Waals surface area contributed by atoms with Crippen LogP contribution in [0.3, 0.4) is 0 Å². The summed E-state index contributed by atoms with van der Waals surface area (Å²) in [7, 11) is 0. The lowest BCUT2D eigenvalue weighted by Crippen LogP contribution is -2.42. The van der Waals surface area contributed by atoms with Crippen molar-refractivity contribution in [2.45, 2.75) is 39.7 Å². The number of nitrogens with one attached hydrogen (secondary N) is 2. The first-order valence-corrected chi connectivity index (χ1v) is 9.40. The van der Waals surface area contributed by atoms with Crippen molar-refractivity contribution in [1.29, 1.82) is 0 Å². The van der Waals surface area contributed by atoms with Crippen LogP contribution in [0.25, 0.3) is 0 Å². The number of benzene rings is 1. The first-order chi connectivity index (χ1) is 13.0. The smallest absolute Gasteiger partial charge is 0.409 e. The van der Waals surface area contributed by atoms with E-state index in [9.17, 15) is 4.79 Å². The number of rotatable bonds is 5. The average molecular weight is 369 g/mol. The molecule has 0 bridgehead atoms. The van der Waals surface area contributed by atoms with Crippen LogP contribution in [0.15, 0.2) is 30.5 Å². The van der Waals surface area contributed by atoms with Crippen LogP contribution < -0.4 is 10.6 Å². The van der Waals surface area contributed by atoms with Gasteiger partial charge in [-0.3, -0.25) is 0 Å². The first kappa shape index (κ1) is 18.9. The minimum Gasteiger partial charge on any atom is -0.450 e. The highest BCUT2D eigenvalue weighted by Gasteiger charge is 2.23. The minimum atomic E-state index is -0.224. The third kappa shape index (κ3) is 5.32. The van der Waals surface area contributed by atoms with Gasteiger partial charge in [0, 0.05) is 31.0 Å². The summed E-state index contributed by atoms with van der Waals surface area (Å²) in [6.07, 6.45) is 3.25. The SMILES string of the molecule is CCOC(=O)N1CCC(Nc2ccnc(Nc3cc(C)cc(C)c3)n2)CC1. The Balaban J connectivity index is 1.57. The molecule has 0 radical (unpaired) electrons. The molecule has 1 aromatic carbocycles. The third-order valence-corrected chi connectivity index (χ3v) is 4.51. The van der Waals surface area contributed by atoms with Crippen LogP contribution in [-0.4, -0.2) is 46.7 Å². The molecule has 2 aromatic rings. The lowest BCUT2D eigenvalue weighted by molar-refractivity contribution is 0.0983. The Kier molecular flexibility index (Phi) is 6.11. The number of likely N-dealkylation sites (tertiary alicyclic amines) is 1. The molecule has 1 saturated heterocycles. The van der Waals surface area contributed by atoms with Crippen molar-refractivity contribution in [3.63, 3.8) is 0 Å². The fraction of sp³-hybridized carbons (Fsp3) is 0.450. The number of amides is 1. The van der Waals surface area contributed by atoms with Crippen LogP contribution in [0.1, 0.15) is 30.9 Å². The maximum absolute atomic E-state index is 11.8.